The summed E-state index contributed by atoms with van der Waals surface area (Å²) in [6.45, 7) is 9.64. The van der Waals surface area contributed by atoms with Crippen molar-refractivity contribution in [2.75, 3.05) is 39.6 Å². The van der Waals surface area contributed by atoms with E-state index in [1.165, 1.54) is 238 Å². The zero-order valence-electron chi connectivity index (χ0n) is 64.8. The molecule has 0 radical (unpaired) electrons. The molecule has 0 aromatic rings. The molecule has 0 aromatic carbocycles. The molecule has 0 spiro atoms. The Morgan fingerprint density at radius 1 is 0.273 bits per heavy atom. The van der Waals surface area contributed by atoms with Crippen LogP contribution in [0.5, 0.6) is 0 Å². The largest absolute Gasteiger partial charge is 0.472 e. The molecule has 0 aliphatic carbocycles. The molecule has 0 saturated heterocycles. The lowest BCUT2D eigenvalue weighted by Crippen LogP contribution is -2.30. The summed E-state index contributed by atoms with van der Waals surface area (Å²) in [5.41, 5.74) is 0. The molecule has 0 heterocycles. The highest BCUT2D eigenvalue weighted by Crippen LogP contribution is 2.45. The Morgan fingerprint density at radius 2 is 0.465 bits per heavy atom. The number of aliphatic hydroxyl groups excluding tert-OH is 1. The predicted molar refractivity (Wildman–Crippen MR) is 405 cm³/mol. The maximum Gasteiger partial charge on any atom is 0.472 e. The van der Waals surface area contributed by atoms with Crippen molar-refractivity contribution in [1.29, 1.82) is 0 Å². The zero-order chi connectivity index (χ0) is 72.8. The van der Waals surface area contributed by atoms with E-state index >= 15 is 0 Å². The molecule has 588 valence electrons. The summed E-state index contributed by atoms with van der Waals surface area (Å²) in [6.07, 6.45) is 61.0. The first-order valence-electron chi connectivity index (χ1n) is 41.5. The Kier molecular flexibility index (Phi) is 70.3. The van der Waals surface area contributed by atoms with Crippen LogP contribution in [0.2, 0.25) is 0 Å². The van der Waals surface area contributed by atoms with Gasteiger partial charge < -0.3 is 33.8 Å². The highest BCUT2D eigenvalue weighted by atomic mass is 31.2. The minimum Gasteiger partial charge on any atom is -0.462 e. The van der Waals surface area contributed by atoms with Crippen molar-refractivity contribution in [2.24, 2.45) is 11.8 Å². The molecule has 5 atom stereocenters. The smallest absolute Gasteiger partial charge is 0.462 e. The van der Waals surface area contributed by atoms with Crippen molar-refractivity contribution >= 4 is 39.5 Å². The Hall–Kier alpha value is -1.94. The summed E-state index contributed by atoms with van der Waals surface area (Å²) < 4.78 is 68.7. The van der Waals surface area contributed by atoms with Gasteiger partial charge in [0.05, 0.1) is 26.4 Å². The molecular weight excluding hydrogens is 1290 g/mol. The Balaban J connectivity index is 5.24. The molecule has 0 saturated carbocycles. The van der Waals surface area contributed by atoms with E-state index in [9.17, 15) is 43.2 Å². The Bertz CT molecular complexity index is 1910. The number of rotatable bonds is 79. The summed E-state index contributed by atoms with van der Waals surface area (Å²) in [7, 11) is -9.92. The van der Waals surface area contributed by atoms with Crippen molar-refractivity contribution in [2.45, 2.75) is 439 Å². The summed E-state index contributed by atoms with van der Waals surface area (Å²) in [4.78, 5) is 73.0. The molecular formula is C80H156O17P2. The fourth-order valence-electron chi connectivity index (χ4n) is 12.4. The molecule has 0 aliphatic heterocycles. The normalized spacial score (nSPS) is 13.9. The van der Waals surface area contributed by atoms with Crippen LogP contribution < -0.4 is 0 Å². The van der Waals surface area contributed by atoms with Gasteiger partial charge in [0, 0.05) is 25.7 Å². The van der Waals surface area contributed by atoms with Crippen molar-refractivity contribution in [1.82, 2.24) is 0 Å². The number of carbonyl (C=O) groups excluding carboxylic acids is 4. The SMILES string of the molecule is CCCCCCCCCCCCCCCCCCCCCC(=O)O[C@H](COC(=O)CCCCCCCCCCCCCCCC(C)C)COP(=O)(O)OC[C@@H](O)COP(=O)(O)OC[C@@H](COC(=O)CCCCCCCCCCCC)OC(=O)CCCCCCCCCCCCCC(C)C. The van der Waals surface area contributed by atoms with Gasteiger partial charge in [-0.15, -0.1) is 0 Å². The molecule has 99 heavy (non-hydrogen) atoms. The van der Waals surface area contributed by atoms with Crippen LogP contribution in [0, 0.1) is 11.8 Å². The quantitative estimate of drug-likeness (QED) is 0.0222. The van der Waals surface area contributed by atoms with Gasteiger partial charge >= 0.3 is 39.5 Å². The highest BCUT2D eigenvalue weighted by Gasteiger charge is 2.30. The van der Waals surface area contributed by atoms with Gasteiger partial charge in [0.15, 0.2) is 12.2 Å². The van der Waals surface area contributed by atoms with Gasteiger partial charge in [-0.1, -0.05) is 369 Å². The number of hydrogen-bond donors (Lipinski definition) is 3. The van der Waals surface area contributed by atoms with Crippen molar-refractivity contribution in [3.63, 3.8) is 0 Å². The van der Waals surface area contributed by atoms with E-state index in [0.717, 1.165) is 102 Å². The summed E-state index contributed by atoms with van der Waals surface area (Å²) >= 11 is 0. The van der Waals surface area contributed by atoms with Gasteiger partial charge in [0.1, 0.15) is 19.3 Å². The second-order valence-electron chi connectivity index (χ2n) is 29.8. The topological polar surface area (TPSA) is 237 Å². The van der Waals surface area contributed by atoms with Crippen LogP contribution in [-0.4, -0.2) is 96.7 Å². The van der Waals surface area contributed by atoms with Crippen LogP contribution in [0.25, 0.3) is 0 Å². The minimum atomic E-state index is -4.96. The minimum absolute atomic E-state index is 0.107. The molecule has 0 fully saturated rings. The van der Waals surface area contributed by atoms with E-state index < -0.39 is 97.5 Å². The highest BCUT2D eigenvalue weighted by molar-refractivity contribution is 7.47. The van der Waals surface area contributed by atoms with E-state index in [4.69, 9.17) is 37.0 Å². The lowest BCUT2D eigenvalue weighted by atomic mass is 10.0. The third-order valence-corrected chi connectivity index (χ3v) is 20.6. The number of carbonyl (C=O) groups is 4. The lowest BCUT2D eigenvalue weighted by Gasteiger charge is -2.21. The van der Waals surface area contributed by atoms with Gasteiger partial charge in [-0.25, -0.2) is 9.13 Å². The summed E-state index contributed by atoms with van der Waals surface area (Å²) in [5, 5.41) is 10.6. The zero-order valence-corrected chi connectivity index (χ0v) is 66.6. The fourth-order valence-corrected chi connectivity index (χ4v) is 13.9. The van der Waals surface area contributed by atoms with Gasteiger partial charge in [-0.2, -0.15) is 0 Å². The molecule has 0 amide bonds. The predicted octanol–water partition coefficient (Wildman–Crippen LogP) is 23.9. The third kappa shape index (κ3) is 74.1. The van der Waals surface area contributed by atoms with Crippen molar-refractivity contribution < 1.29 is 80.2 Å². The van der Waals surface area contributed by atoms with Gasteiger partial charge in [-0.05, 0) is 37.5 Å². The van der Waals surface area contributed by atoms with E-state index in [1.54, 1.807) is 0 Å². The number of unbranched alkanes of at least 4 members (excludes halogenated alkanes) is 49. The number of aliphatic hydroxyl groups is 1. The average molecular weight is 1450 g/mol. The van der Waals surface area contributed by atoms with Crippen LogP contribution in [0.4, 0.5) is 0 Å². The Morgan fingerprint density at radius 3 is 0.687 bits per heavy atom. The first-order chi connectivity index (χ1) is 47.9. The van der Waals surface area contributed by atoms with Crippen LogP contribution in [0.3, 0.4) is 0 Å². The number of esters is 4. The van der Waals surface area contributed by atoms with Crippen LogP contribution in [-0.2, 0) is 65.4 Å². The molecule has 2 unspecified atom stereocenters. The van der Waals surface area contributed by atoms with Crippen LogP contribution >= 0.6 is 15.6 Å². The van der Waals surface area contributed by atoms with E-state index in [0.29, 0.717) is 25.7 Å². The van der Waals surface area contributed by atoms with E-state index in [-0.39, 0.29) is 25.7 Å². The second kappa shape index (κ2) is 71.7. The molecule has 0 bridgehead atoms. The molecule has 19 heteroatoms. The first kappa shape index (κ1) is 97.1. The van der Waals surface area contributed by atoms with Gasteiger partial charge in [0.2, 0.25) is 0 Å². The number of ether oxygens (including phenoxy) is 4. The standard InChI is InChI=1S/C80H156O17P2/c1-7-9-11-13-15-17-19-20-21-22-23-24-25-28-34-40-46-52-58-64-79(84)96-76(69-91-78(83)63-57-51-45-39-33-29-26-27-31-36-42-48-54-60-72(3)4)71-95-99(88,89)93-67-74(81)66-92-98(86,87)94-70-75(68-90-77(82)62-56-50-44-38-18-16-14-12-10-8-2)97-80(85)65-59-53-47-41-35-30-32-37-43-49-55-61-73(5)6/h72-76,81H,7-71H2,1-6H3,(H,86,87)(H,88,89)/t74-,75+,76+/m0/s1. The van der Waals surface area contributed by atoms with Gasteiger partial charge in [-0.3, -0.25) is 37.3 Å². The molecule has 0 aliphatic rings. The Labute approximate surface area is 607 Å². The van der Waals surface area contributed by atoms with Crippen molar-refractivity contribution in [3.05, 3.63) is 0 Å². The second-order valence-corrected chi connectivity index (χ2v) is 32.7. The number of phosphoric acid groups is 2. The fraction of sp³-hybridized carbons (Fsp3) is 0.950. The van der Waals surface area contributed by atoms with Gasteiger partial charge in [0.25, 0.3) is 0 Å². The lowest BCUT2D eigenvalue weighted by molar-refractivity contribution is -0.161. The van der Waals surface area contributed by atoms with E-state index in [2.05, 4.69) is 41.5 Å². The number of phosphoric ester groups is 2. The molecule has 0 rings (SSSR count). The van der Waals surface area contributed by atoms with Crippen LogP contribution in [0.15, 0.2) is 0 Å². The monoisotopic (exact) mass is 1450 g/mol. The summed E-state index contributed by atoms with van der Waals surface area (Å²) in [5.74, 6) is -0.553. The maximum atomic E-state index is 13.1. The van der Waals surface area contributed by atoms with Crippen molar-refractivity contribution in [3.8, 4) is 0 Å². The summed E-state index contributed by atoms with van der Waals surface area (Å²) in [6, 6.07) is 0. The first-order valence-corrected chi connectivity index (χ1v) is 44.5. The number of hydrogen-bond acceptors (Lipinski definition) is 15. The third-order valence-electron chi connectivity index (χ3n) is 18.7. The van der Waals surface area contributed by atoms with E-state index in [1.807, 2.05) is 0 Å². The molecule has 3 N–H and O–H groups in total. The molecule has 0 aromatic heterocycles. The maximum absolute atomic E-state index is 13.1. The van der Waals surface area contributed by atoms with Crippen LogP contribution in [0.1, 0.15) is 420 Å². The molecule has 17 nitrogen and oxygen atoms in total. The average Bonchev–Trinajstić information content (AvgIpc) is 0.962.